The van der Waals surface area contributed by atoms with Crippen molar-refractivity contribution < 1.29 is 14.4 Å². The van der Waals surface area contributed by atoms with E-state index in [2.05, 4.69) is 31.7 Å². The highest BCUT2D eigenvalue weighted by Crippen LogP contribution is 2.38. The number of hydrogen-bond donors (Lipinski definition) is 2. The highest BCUT2D eigenvalue weighted by atomic mass is 79.9. The van der Waals surface area contributed by atoms with Crippen LogP contribution in [0.15, 0.2) is 63.4 Å². The molecule has 1 saturated heterocycles. The van der Waals surface area contributed by atoms with E-state index in [0.717, 1.165) is 15.7 Å². The second kappa shape index (κ2) is 6.00. The molecule has 1 aromatic rings. The predicted molar refractivity (Wildman–Crippen MR) is 97.0 cm³/mol. The lowest BCUT2D eigenvalue weighted by Gasteiger charge is -2.17. The van der Waals surface area contributed by atoms with Crippen molar-refractivity contribution in [1.82, 2.24) is 5.32 Å². The van der Waals surface area contributed by atoms with E-state index in [4.69, 9.17) is 4.84 Å². The van der Waals surface area contributed by atoms with Crippen LogP contribution in [-0.2, 0) is 14.4 Å². The van der Waals surface area contributed by atoms with E-state index >= 15 is 0 Å². The van der Waals surface area contributed by atoms with Gasteiger partial charge in [-0.3, -0.25) is 4.79 Å². The van der Waals surface area contributed by atoms with Gasteiger partial charge in [0, 0.05) is 28.6 Å². The van der Waals surface area contributed by atoms with Crippen molar-refractivity contribution in [2.24, 2.45) is 11.1 Å². The summed E-state index contributed by atoms with van der Waals surface area (Å²) in [5.74, 6) is -0.795. The Morgan fingerprint density at radius 2 is 2.12 bits per heavy atom. The highest BCUT2D eigenvalue weighted by Gasteiger charge is 2.41. The maximum absolute atomic E-state index is 12.6. The Labute approximate surface area is 152 Å². The zero-order chi connectivity index (χ0) is 17.6. The number of para-hydroxylation sites is 1. The Bertz CT molecular complexity index is 914. The van der Waals surface area contributed by atoms with Crippen LogP contribution in [0.3, 0.4) is 0 Å². The molecule has 4 rings (SSSR count). The van der Waals surface area contributed by atoms with Gasteiger partial charge in [0.1, 0.15) is 5.71 Å². The van der Waals surface area contributed by atoms with Crippen LogP contribution < -0.4 is 10.6 Å². The molecule has 2 atom stereocenters. The van der Waals surface area contributed by atoms with Crippen LogP contribution in [0.25, 0.3) is 0 Å². The molecule has 6 nitrogen and oxygen atoms in total. The van der Waals surface area contributed by atoms with Gasteiger partial charge in [-0.05, 0) is 12.1 Å². The van der Waals surface area contributed by atoms with E-state index < -0.39 is 5.97 Å². The number of anilines is 1. The van der Waals surface area contributed by atoms with E-state index in [1.807, 2.05) is 42.5 Å². The van der Waals surface area contributed by atoms with Gasteiger partial charge in [-0.25, -0.2) is 4.79 Å². The zero-order valence-corrected chi connectivity index (χ0v) is 14.8. The maximum atomic E-state index is 12.6. The summed E-state index contributed by atoms with van der Waals surface area (Å²) in [6, 6.07) is 7.41. The number of nitrogens with zero attached hydrogens (tertiary/aromatic N) is 1. The number of amides is 1. The van der Waals surface area contributed by atoms with Crippen molar-refractivity contribution in [2.45, 2.75) is 13.0 Å². The summed E-state index contributed by atoms with van der Waals surface area (Å²) in [5.41, 5.74) is 3.23. The molecule has 7 heteroatoms. The Kier molecular flexibility index (Phi) is 3.80. The molecule has 0 saturated carbocycles. The fourth-order valence-corrected chi connectivity index (χ4v) is 3.68. The number of carbonyl (C=O) groups excluding carboxylic acids is 2. The standard InChI is InChI=1S/C18H14BrN3O3/c1-9(23)25-22-16-12-4-2-3-5-13(12)20-17(16)15-11-7-6-10(19)8-14(11)21-18(15)24/h2-8,11,14,20H,1H3,(H,21,24)/b17-15-,22-16-. The quantitative estimate of drug-likeness (QED) is 0.432. The summed E-state index contributed by atoms with van der Waals surface area (Å²) in [6.07, 6.45) is 5.86. The van der Waals surface area contributed by atoms with E-state index in [1.54, 1.807) is 0 Å². The lowest BCUT2D eigenvalue weighted by molar-refractivity contribution is -0.140. The number of fused-ring (bicyclic) bond motifs is 2. The first-order valence-corrected chi connectivity index (χ1v) is 8.57. The van der Waals surface area contributed by atoms with Gasteiger partial charge in [0.25, 0.3) is 5.91 Å². The first kappa shape index (κ1) is 15.8. The summed E-state index contributed by atoms with van der Waals surface area (Å²) in [5, 5.41) is 10.2. The first-order valence-electron chi connectivity index (χ1n) is 7.77. The van der Waals surface area contributed by atoms with Crippen molar-refractivity contribution in [3.8, 4) is 0 Å². The van der Waals surface area contributed by atoms with Gasteiger partial charge in [-0.2, -0.15) is 0 Å². The number of carbonyl (C=O) groups is 2. The van der Waals surface area contributed by atoms with Crippen molar-refractivity contribution >= 4 is 39.2 Å². The normalized spacial score (nSPS) is 28.2. The third kappa shape index (κ3) is 2.70. The van der Waals surface area contributed by atoms with E-state index in [1.165, 1.54) is 6.92 Å². The van der Waals surface area contributed by atoms with Crippen LogP contribution in [0.1, 0.15) is 12.5 Å². The van der Waals surface area contributed by atoms with Crippen LogP contribution in [0.2, 0.25) is 0 Å². The summed E-state index contributed by atoms with van der Waals surface area (Å²) in [7, 11) is 0. The molecular formula is C18H14BrN3O3. The largest absolute Gasteiger partial charge is 0.353 e. The Hall–Kier alpha value is -2.67. The van der Waals surface area contributed by atoms with Gasteiger partial charge >= 0.3 is 5.97 Å². The molecule has 1 fully saturated rings. The van der Waals surface area contributed by atoms with E-state index in [0.29, 0.717) is 17.0 Å². The van der Waals surface area contributed by atoms with E-state index in [9.17, 15) is 9.59 Å². The van der Waals surface area contributed by atoms with Gasteiger partial charge in [0.2, 0.25) is 0 Å². The Morgan fingerprint density at radius 1 is 1.32 bits per heavy atom. The predicted octanol–water partition coefficient (Wildman–Crippen LogP) is 2.60. The van der Waals surface area contributed by atoms with Gasteiger partial charge in [-0.1, -0.05) is 51.4 Å². The van der Waals surface area contributed by atoms with Gasteiger partial charge in [0.05, 0.1) is 17.3 Å². The first-order chi connectivity index (χ1) is 12.0. The lowest BCUT2D eigenvalue weighted by Crippen LogP contribution is -2.27. The summed E-state index contributed by atoms with van der Waals surface area (Å²) >= 11 is 3.43. The fraction of sp³-hybridized carbons (Fsp3) is 0.167. The number of allylic oxidation sites excluding steroid dienone is 3. The molecular weight excluding hydrogens is 386 g/mol. The molecule has 2 aliphatic heterocycles. The average Bonchev–Trinajstić information content (AvgIpc) is 3.08. The minimum atomic E-state index is -0.514. The molecule has 0 bridgehead atoms. The van der Waals surface area contributed by atoms with Gasteiger partial charge in [-0.15, -0.1) is 0 Å². The molecule has 3 aliphatic rings. The molecule has 1 amide bonds. The van der Waals surface area contributed by atoms with Crippen LogP contribution in [0, 0.1) is 5.92 Å². The third-order valence-electron chi connectivity index (χ3n) is 4.28. The minimum Gasteiger partial charge on any atom is -0.353 e. The minimum absolute atomic E-state index is 0.116. The van der Waals surface area contributed by atoms with Crippen molar-refractivity contribution in [1.29, 1.82) is 0 Å². The Morgan fingerprint density at radius 3 is 2.92 bits per heavy atom. The zero-order valence-electron chi connectivity index (χ0n) is 13.2. The third-order valence-corrected chi connectivity index (χ3v) is 4.81. The number of rotatable bonds is 1. The summed E-state index contributed by atoms with van der Waals surface area (Å²) in [6.45, 7) is 1.29. The Balaban J connectivity index is 1.85. The van der Waals surface area contributed by atoms with Crippen molar-refractivity contribution in [3.63, 3.8) is 0 Å². The molecule has 0 radical (unpaired) electrons. The molecule has 2 unspecified atom stereocenters. The monoisotopic (exact) mass is 399 g/mol. The van der Waals surface area contributed by atoms with Gasteiger partial charge < -0.3 is 15.5 Å². The number of nitrogens with one attached hydrogen (secondary N) is 2. The number of benzene rings is 1. The summed E-state index contributed by atoms with van der Waals surface area (Å²) < 4.78 is 0.928. The van der Waals surface area contributed by atoms with Crippen LogP contribution in [0.5, 0.6) is 0 Å². The molecule has 0 aromatic heterocycles. The summed E-state index contributed by atoms with van der Waals surface area (Å²) in [4.78, 5) is 28.7. The molecule has 126 valence electrons. The molecule has 25 heavy (non-hydrogen) atoms. The number of hydrogen-bond acceptors (Lipinski definition) is 5. The SMILES string of the molecule is CC(=O)O/N=C1\C(=C2\C(=O)NC3C=C(Br)C=CC23)Nc2ccccc21. The van der Waals surface area contributed by atoms with Crippen LogP contribution >= 0.6 is 15.9 Å². The van der Waals surface area contributed by atoms with E-state index in [-0.39, 0.29) is 17.9 Å². The smallest absolute Gasteiger partial charge is 0.332 e. The lowest BCUT2D eigenvalue weighted by atomic mass is 9.90. The van der Waals surface area contributed by atoms with Crippen LogP contribution in [0.4, 0.5) is 5.69 Å². The van der Waals surface area contributed by atoms with Crippen molar-refractivity contribution in [3.05, 3.63) is 63.8 Å². The van der Waals surface area contributed by atoms with Crippen LogP contribution in [-0.4, -0.2) is 23.6 Å². The number of oxime groups is 1. The molecule has 2 N–H and O–H groups in total. The topological polar surface area (TPSA) is 79.8 Å². The highest BCUT2D eigenvalue weighted by molar-refractivity contribution is 9.11. The number of halogens is 1. The molecule has 0 spiro atoms. The fourth-order valence-electron chi connectivity index (χ4n) is 3.24. The average molecular weight is 400 g/mol. The van der Waals surface area contributed by atoms with Crippen molar-refractivity contribution in [2.75, 3.05) is 5.32 Å². The maximum Gasteiger partial charge on any atom is 0.332 e. The molecule has 1 aliphatic carbocycles. The second-order valence-corrected chi connectivity index (χ2v) is 6.83. The van der Waals surface area contributed by atoms with Gasteiger partial charge in [0.15, 0.2) is 0 Å². The second-order valence-electron chi connectivity index (χ2n) is 5.92. The molecule has 2 heterocycles. The molecule has 1 aromatic carbocycles.